The summed E-state index contributed by atoms with van der Waals surface area (Å²) in [7, 11) is 0. The van der Waals surface area contributed by atoms with Crippen LogP contribution in [0.15, 0.2) is 109 Å². The van der Waals surface area contributed by atoms with Gasteiger partial charge in [0.15, 0.2) is 0 Å². The molecule has 4 aromatic carbocycles. The first-order valence-electron chi connectivity index (χ1n) is 13.8. The highest BCUT2D eigenvalue weighted by Crippen LogP contribution is 2.32. The standard InChI is InChI=1S/C35H36Cl2N2O2/c1-35(2,3)38-34(41)32(22-25-14-7-4-8-15-25)39(24-29-30(36)20-13-21-31(29)37)33(40)23-28(26-16-9-5-10-17-26)27-18-11-6-12-19-27/h4-21,28,32H,22-24H2,1-3H3,(H,38,41)/t32-/m1/s1. The summed E-state index contributed by atoms with van der Waals surface area (Å²) in [6.45, 7) is 5.90. The largest absolute Gasteiger partial charge is 0.350 e. The lowest BCUT2D eigenvalue weighted by Gasteiger charge is -2.35. The molecule has 0 unspecified atom stereocenters. The van der Waals surface area contributed by atoms with Crippen molar-refractivity contribution in [3.8, 4) is 0 Å². The Morgan fingerprint density at radius 1 is 0.732 bits per heavy atom. The zero-order valence-electron chi connectivity index (χ0n) is 23.7. The van der Waals surface area contributed by atoms with Gasteiger partial charge in [0.1, 0.15) is 6.04 Å². The topological polar surface area (TPSA) is 49.4 Å². The van der Waals surface area contributed by atoms with E-state index in [1.807, 2.05) is 112 Å². The molecule has 41 heavy (non-hydrogen) atoms. The third-order valence-corrected chi connectivity index (χ3v) is 7.65. The SMILES string of the molecule is CC(C)(C)NC(=O)[C@@H](Cc1ccccc1)N(Cc1c(Cl)cccc1Cl)C(=O)CC(c1ccccc1)c1ccccc1. The number of benzene rings is 4. The summed E-state index contributed by atoms with van der Waals surface area (Å²) < 4.78 is 0. The van der Waals surface area contributed by atoms with E-state index in [4.69, 9.17) is 23.2 Å². The highest BCUT2D eigenvalue weighted by Gasteiger charge is 2.34. The Kier molecular flexibility index (Phi) is 10.3. The molecule has 0 radical (unpaired) electrons. The van der Waals surface area contributed by atoms with E-state index in [9.17, 15) is 9.59 Å². The Balaban J connectivity index is 1.79. The number of amides is 2. The average Bonchev–Trinajstić information content (AvgIpc) is 2.95. The Hall–Kier alpha value is -3.60. The van der Waals surface area contributed by atoms with Gasteiger partial charge in [-0.1, -0.05) is 120 Å². The molecular formula is C35H36Cl2N2O2. The normalized spacial score (nSPS) is 12.1. The van der Waals surface area contributed by atoms with Gasteiger partial charge in [-0.2, -0.15) is 0 Å². The molecule has 1 N–H and O–H groups in total. The van der Waals surface area contributed by atoms with Gasteiger partial charge in [-0.15, -0.1) is 0 Å². The van der Waals surface area contributed by atoms with Gasteiger partial charge in [0, 0.05) is 46.5 Å². The number of rotatable bonds is 10. The predicted octanol–water partition coefficient (Wildman–Crippen LogP) is 8.07. The third-order valence-electron chi connectivity index (χ3n) is 6.94. The van der Waals surface area contributed by atoms with Crippen LogP contribution in [0.2, 0.25) is 10.0 Å². The van der Waals surface area contributed by atoms with E-state index in [1.54, 1.807) is 23.1 Å². The molecule has 0 spiro atoms. The summed E-state index contributed by atoms with van der Waals surface area (Å²) in [5, 5.41) is 4.01. The number of hydrogen-bond acceptors (Lipinski definition) is 2. The fraction of sp³-hybridized carbons (Fsp3) is 0.257. The van der Waals surface area contributed by atoms with Crippen molar-refractivity contribution < 1.29 is 9.59 Å². The molecule has 0 saturated carbocycles. The lowest BCUT2D eigenvalue weighted by Crippen LogP contribution is -2.54. The summed E-state index contributed by atoms with van der Waals surface area (Å²) in [6.07, 6.45) is 0.516. The summed E-state index contributed by atoms with van der Waals surface area (Å²) in [6, 6.07) is 34.2. The second-order valence-corrected chi connectivity index (χ2v) is 12.1. The minimum atomic E-state index is -0.788. The molecule has 0 aromatic heterocycles. The molecule has 0 aliphatic rings. The Morgan fingerprint density at radius 3 is 1.71 bits per heavy atom. The quantitative estimate of drug-likeness (QED) is 0.204. The van der Waals surface area contributed by atoms with Crippen LogP contribution >= 0.6 is 23.2 Å². The Labute approximate surface area is 253 Å². The van der Waals surface area contributed by atoms with Crippen LogP contribution in [0.25, 0.3) is 0 Å². The second kappa shape index (κ2) is 13.8. The number of halogens is 2. The van der Waals surface area contributed by atoms with E-state index >= 15 is 0 Å². The van der Waals surface area contributed by atoms with Crippen LogP contribution in [-0.4, -0.2) is 28.3 Å². The van der Waals surface area contributed by atoms with E-state index in [2.05, 4.69) is 5.32 Å². The summed E-state index contributed by atoms with van der Waals surface area (Å²) in [4.78, 5) is 30.1. The van der Waals surface area contributed by atoms with Gasteiger partial charge < -0.3 is 10.2 Å². The third kappa shape index (κ3) is 8.45. The number of carbonyl (C=O) groups excluding carboxylic acids is 2. The molecule has 4 rings (SSSR count). The number of nitrogens with zero attached hydrogens (tertiary/aromatic N) is 1. The highest BCUT2D eigenvalue weighted by molar-refractivity contribution is 6.36. The molecule has 0 bridgehead atoms. The van der Waals surface area contributed by atoms with E-state index in [1.165, 1.54) is 0 Å². The van der Waals surface area contributed by atoms with Gasteiger partial charge in [-0.05, 0) is 49.6 Å². The maximum atomic E-state index is 14.5. The van der Waals surface area contributed by atoms with Crippen molar-refractivity contribution in [1.82, 2.24) is 10.2 Å². The van der Waals surface area contributed by atoms with Crippen LogP contribution in [0, 0.1) is 0 Å². The van der Waals surface area contributed by atoms with Crippen LogP contribution < -0.4 is 5.32 Å². The van der Waals surface area contributed by atoms with Crippen molar-refractivity contribution in [2.45, 2.75) is 57.7 Å². The van der Waals surface area contributed by atoms with Gasteiger partial charge in [0.05, 0.1) is 0 Å². The fourth-order valence-electron chi connectivity index (χ4n) is 4.95. The molecule has 2 amide bonds. The molecule has 0 aliphatic heterocycles. The summed E-state index contributed by atoms with van der Waals surface area (Å²) in [5.41, 5.74) is 3.14. The first-order chi connectivity index (χ1) is 19.6. The van der Waals surface area contributed by atoms with Crippen LogP contribution in [-0.2, 0) is 22.6 Å². The maximum Gasteiger partial charge on any atom is 0.243 e. The summed E-state index contributed by atoms with van der Waals surface area (Å²) in [5.74, 6) is -0.588. The van der Waals surface area contributed by atoms with Gasteiger partial charge in [-0.3, -0.25) is 9.59 Å². The average molecular weight is 588 g/mol. The van der Waals surface area contributed by atoms with E-state index in [0.29, 0.717) is 22.0 Å². The van der Waals surface area contributed by atoms with Crippen LogP contribution in [0.5, 0.6) is 0 Å². The van der Waals surface area contributed by atoms with Gasteiger partial charge in [-0.25, -0.2) is 0 Å². The first-order valence-corrected chi connectivity index (χ1v) is 14.6. The minimum absolute atomic E-state index is 0.0999. The maximum absolute atomic E-state index is 14.5. The second-order valence-electron chi connectivity index (χ2n) is 11.2. The van der Waals surface area contributed by atoms with Crippen LogP contribution in [0.1, 0.15) is 55.4 Å². The summed E-state index contributed by atoms with van der Waals surface area (Å²) >= 11 is 13.2. The fourth-order valence-corrected chi connectivity index (χ4v) is 5.47. The molecular weight excluding hydrogens is 551 g/mol. The van der Waals surface area contributed by atoms with E-state index < -0.39 is 11.6 Å². The van der Waals surface area contributed by atoms with Crippen LogP contribution in [0.4, 0.5) is 0 Å². The molecule has 0 aliphatic carbocycles. The van der Waals surface area contributed by atoms with Crippen molar-refractivity contribution in [1.29, 1.82) is 0 Å². The molecule has 6 heteroatoms. The molecule has 0 heterocycles. The lowest BCUT2D eigenvalue weighted by molar-refractivity contribution is -0.142. The molecule has 0 saturated heterocycles. The Morgan fingerprint density at radius 2 is 1.22 bits per heavy atom. The number of hydrogen-bond donors (Lipinski definition) is 1. The molecule has 212 valence electrons. The van der Waals surface area contributed by atoms with Crippen molar-refractivity contribution in [3.63, 3.8) is 0 Å². The van der Waals surface area contributed by atoms with Gasteiger partial charge >= 0.3 is 0 Å². The van der Waals surface area contributed by atoms with Crippen molar-refractivity contribution in [2.24, 2.45) is 0 Å². The van der Waals surface area contributed by atoms with Gasteiger partial charge in [0.25, 0.3) is 0 Å². The molecule has 1 atom stereocenters. The van der Waals surface area contributed by atoms with E-state index in [-0.39, 0.29) is 30.7 Å². The first kappa shape index (κ1) is 30.4. The number of carbonyl (C=O) groups is 2. The van der Waals surface area contributed by atoms with Crippen molar-refractivity contribution in [3.05, 3.63) is 141 Å². The highest BCUT2D eigenvalue weighted by atomic mass is 35.5. The Bertz CT molecular complexity index is 1380. The van der Waals surface area contributed by atoms with Gasteiger partial charge in [0.2, 0.25) is 11.8 Å². The molecule has 0 fully saturated rings. The monoisotopic (exact) mass is 586 g/mol. The van der Waals surface area contributed by atoms with Crippen molar-refractivity contribution in [2.75, 3.05) is 0 Å². The predicted molar refractivity (Wildman–Crippen MR) is 168 cm³/mol. The molecule has 4 nitrogen and oxygen atoms in total. The minimum Gasteiger partial charge on any atom is -0.350 e. The lowest BCUT2D eigenvalue weighted by atomic mass is 9.87. The number of nitrogens with one attached hydrogen (secondary N) is 1. The van der Waals surface area contributed by atoms with Crippen molar-refractivity contribution >= 4 is 35.0 Å². The van der Waals surface area contributed by atoms with Crippen LogP contribution in [0.3, 0.4) is 0 Å². The zero-order chi connectivity index (χ0) is 29.4. The van der Waals surface area contributed by atoms with E-state index in [0.717, 1.165) is 16.7 Å². The smallest absolute Gasteiger partial charge is 0.243 e. The molecule has 4 aromatic rings. The zero-order valence-corrected chi connectivity index (χ0v) is 25.2.